The molecule has 2 aliphatic heterocycles. The van der Waals surface area contributed by atoms with E-state index < -0.39 is 22.6 Å². The maximum atomic E-state index is 14.5. The number of fused-ring (bicyclic) bond motifs is 4. The van der Waals surface area contributed by atoms with Crippen LogP contribution < -0.4 is 0 Å². The number of rotatable bonds is 6. The lowest BCUT2D eigenvalue weighted by Crippen LogP contribution is -2.64. The monoisotopic (exact) mass is 474 g/mol. The number of allylic oxidation sites excluding steroid dienone is 3. The number of cyclic esters (lactones) is 1. The highest BCUT2D eigenvalue weighted by Gasteiger charge is 2.83. The number of Topliss-reactive ketones (excluding diaryl/α,β-unsaturated/α-hetero) is 1. The van der Waals surface area contributed by atoms with E-state index in [0.29, 0.717) is 11.8 Å². The summed E-state index contributed by atoms with van der Waals surface area (Å²) in [6.45, 7) is 14.7. The summed E-state index contributed by atoms with van der Waals surface area (Å²) in [6.07, 6.45) is 9.44. The Morgan fingerprint density at radius 1 is 1.20 bits per heavy atom. The molecule has 4 nitrogen and oxygen atoms in total. The predicted molar refractivity (Wildman–Crippen MR) is 136 cm³/mol. The molecule has 0 aromatic heterocycles. The second kappa shape index (κ2) is 8.30. The normalized spacial score (nSPS) is 40.3. The third-order valence-electron chi connectivity index (χ3n) is 9.52. The summed E-state index contributed by atoms with van der Waals surface area (Å²) in [6, 6.07) is 10.1. The molecule has 2 saturated heterocycles. The van der Waals surface area contributed by atoms with E-state index in [0.717, 1.165) is 24.8 Å². The molecule has 0 bridgehead atoms. The Hall–Kier alpha value is -2.46. The van der Waals surface area contributed by atoms with Crippen molar-refractivity contribution in [1.82, 2.24) is 0 Å². The van der Waals surface area contributed by atoms with Crippen LogP contribution in [0.1, 0.15) is 59.4 Å². The van der Waals surface area contributed by atoms with Crippen LogP contribution in [0.15, 0.2) is 66.3 Å². The van der Waals surface area contributed by atoms with E-state index in [-0.39, 0.29) is 30.1 Å². The van der Waals surface area contributed by atoms with Gasteiger partial charge in [0.1, 0.15) is 12.2 Å². The molecule has 186 valence electrons. The van der Waals surface area contributed by atoms with Crippen LogP contribution in [0.2, 0.25) is 0 Å². The van der Waals surface area contributed by atoms with Gasteiger partial charge in [-0.1, -0.05) is 66.6 Å². The first-order chi connectivity index (χ1) is 16.6. The van der Waals surface area contributed by atoms with Crippen molar-refractivity contribution in [2.75, 3.05) is 6.61 Å². The Balaban J connectivity index is 1.63. The van der Waals surface area contributed by atoms with Gasteiger partial charge in [0, 0.05) is 5.92 Å². The van der Waals surface area contributed by atoms with Crippen LogP contribution in [0.3, 0.4) is 0 Å². The van der Waals surface area contributed by atoms with E-state index >= 15 is 0 Å². The lowest BCUT2D eigenvalue weighted by Gasteiger charge is -2.62. The predicted octanol–water partition coefficient (Wildman–Crippen LogP) is 6.18. The summed E-state index contributed by atoms with van der Waals surface area (Å²) in [5, 5.41) is 0. The first-order valence-corrected chi connectivity index (χ1v) is 13.0. The molecular formula is C31H38O4. The van der Waals surface area contributed by atoms with E-state index in [1.54, 1.807) is 6.08 Å². The fourth-order valence-corrected chi connectivity index (χ4v) is 7.57. The van der Waals surface area contributed by atoms with Crippen molar-refractivity contribution in [1.29, 1.82) is 0 Å². The largest absolute Gasteiger partial charge is 0.462 e. The first-order valence-electron chi connectivity index (χ1n) is 13.0. The van der Waals surface area contributed by atoms with Gasteiger partial charge in [0.2, 0.25) is 5.60 Å². The Labute approximate surface area is 209 Å². The molecule has 8 atom stereocenters. The number of esters is 1. The molecule has 0 unspecified atom stereocenters. The molecule has 0 amide bonds. The summed E-state index contributed by atoms with van der Waals surface area (Å²) < 4.78 is 12.5. The third-order valence-corrected chi connectivity index (χ3v) is 9.52. The zero-order valence-electron chi connectivity index (χ0n) is 21.7. The standard InChI is InChI=1S/C31H38O4/c1-7-29(6)18-34-28(33)31(29)27(32)26-24-23(20(4)13-11-12-19(2)3)17-16-21(5)25(24)30(26,35-31)22-14-9-8-10-15-22/h7-10,12,14-16,20,23-26H,1,11,13,17-18H2,2-6H3/t20-,23-,24+,25-,26-,29-,30-,31-/m1/s1. The lowest BCUT2D eigenvalue weighted by atomic mass is 9.42. The Morgan fingerprint density at radius 2 is 1.91 bits per heavy atom. The maximum absolute atomic E-state index is 14.5. The summed E-state index contributed by atoms with van der Waals surface area (Å²) in [5.41, 5.74) is 0.197. The number of hydrogen-bond acceptors (Lipinski definition) is 4. The highest BCUT2D eigenvalue weighted by atomic mass is 16.6. The van der Waals surface area contributed by atoms with Gasteiger partial charge in [-0.2, -0.15) is 0 Å². The van der Waals surface area contributed by atoms with Crippen molar-refractivity contribution < 1.29 is 19.1 Å². The number of hydrogen-bond donors (Lipinski definition) is 0. The zero-order valence-corrected chi connectivity index (χ0v) is 21.7. The Morgan fingerprint density at radius 3 is 2.57 bits per heavy atom. The topological polar surface area (TPSA) is 52.6 Å². The van der Waals surface area contributed by atoms with Gasteiger partial charge < -0.3 is 9.47 Å². The average molecular weight is 475 g/mol. The highest BCUT2D eigenvalue weighted by molar-refractivity contribution is 6.13. The molecule has 5 rings (SSSR count). The van der Waals surface area contributed by atoms with Crippen molar-refractivity contribution in [3.8, 4) is 0 Å². The van der Waals surface area contributed by atoms with Crippen molar-refractivity contribution >= 4 is 11.8 Å². The minimum atomic E-state index is -1.64. The van der Waals surface area contributed by atoms with E-state index in [1.807, 2.05) is 25.1 Å². The summed E-state index contributed by atoms with van der Waals surface area (Å²) in [7, 11) is 0. The Bertz CT molecular complexity index is 1110. The van der Waals surface area contributed by atoms with Gasteiger partial charge in [-0.15, -0.1) is 6.58 Å². The highest BCUT2D eigenvalue weighted by Crippen LogP contribution is 2.73. The number of ether oxygens (including phenoxy) is 2. The van der Waals surface area contributed by atoms with E-state index in [9.17, 15) is 9.59 Å². The van der Waals surface area contributed by atoms with Crippen molar-refractivity contribution in [2.24, 2.45) is 35.0 Å². The van der Waals surface area contributed by atoms with Crippen molar-refractivity contribution in [2.45, 2.75) is 65.1 Å². The Kier molecular flexibility index (Phi) is 5.75. The fourth-order valence-electron chi connectivity index (χ4n) is 7.57. The third kappa shape index (κ3) is 3.08. The molecule has 2 aliphatic carbocycles. The molecule has 0 radical (unpaired) electrons. The van der Waals surface area contributed by atoms with E-state index in [1.165, 1.54) is 11.1 Å². The molecule has 2 heterocycles. The van der Waals surface area contributed by atoms with Gasteiger partial charge >= 0.3 is 5.97 Å². The van der Waals surface area contributed by atoms with Gasteiger partial charge in [-0.3, -0.25) is 4.79 Å². The SMILES string of the molecule is C=C[C@]1(C)COC(=O)[C@@]12O[C@]1(c3ccccc3)[C@@H]3C(C)=CC[C@H]([C@H](C)CCC=C(C)C)[C@@H]3[C@@H]1C2=O. The van der Waals surface area contributed by atoms with Crippen LogP contribution in [0.25, 0.3) is 0 Å². The quantitative estimate of drug-likeness (QED) is 0.281. The summed E-state index contributed by atoms with van der Waals surface area (Å²) in [5.74, 6) is -0.00100. The molecular weight excluding hydrogens is 436 g/mol. The molecule has 1 aromatic carbocycles. The smallest absolute Gasteiger partial charge is 0.347 e. The minimum Gasteiger partial charge on any atom is -0.462 e. The molecule has 35 heavy (non-hydrogen) atoms. The molecule has 4 heteroatoms. The number of carbonyl (C=O) groups is 2. The lowest BCUT2D eigenvalue weighted by molar-refractivity contribution is -0.234. The number of benzene rings is 1. The van der Waals surface area contributed by atoms with Crippen LogP contribution in [0.4, 0.5) is 0 Å². The maximum Gasteiger partial charge on any atom is 0.347 e. The van der Waals surface area contributed by atoms with Crippen molar-refractivity contribution in [3.63, 3.8) is 0 Å². The van der Waals surface area contributed by atoms with E-state index in [2.05, 4.69) is 58.6 Å². The molecule has 1 aromatic rings. The fraction of sp³-hybridized carbons (Fsp3) is 0.548. The van der Waals surface area contributed by atoms with Crippen LogP contribution in [-0.2, 0) is 24.7 Å². The zero-order chi connectivity index (χ0) is 25.2. The second-order valence-corrected chi connectivity index (χ2v) is 11.7. The van der Waals surface area contributed by atoms with Gasteiger partial charge in [-0.25, -0.2) is 4.79 Å². The van der Waals surface area contributed by atoms with Crippen LogP contribution in [0.5, 0.6) is 0 Å². The van der Waals surface area contributed by atoms with Crippen molar-refractivity contribution in [3.05, 3.63) is 71.8 Å². The van der Waals surface area contributed by atoms with Crippen LogP contribution in [-0.4, -0.2) is 24.0 Å². The molecule has 0 N–H and O–H groups in total. The average Bonchev–Trinajstić information content (AvgIpc) is 3.22. The van der Waals surface area contributed by atoms with Crippen LogP contribution in [0, 0.1) is 35.0 Å². The van der Waals surface area contributed by atoms with Gasteiger partial charge in [-0.05, 0) is 70.3 Å². The van der Waals surface area contributed by atoms with Gasteiger partial charge in [0.05, 0.1) is 11.3 Å². The van der Waals surface area contributed by atoms with Gasteiger partial charge in [0.15, 0.2) is 5.78 Å². The summed E-state index contributed by atoms with van der Waals surface area (Å²) in [4.78, 5) is 27.8. The molecule has 1 spiro atoms. The number of ketones is 1. The molecule has 4 aliphatic rings. The number of carbonyl (C=O) groups excluding carboxylic acids is 2. The van der Waals surface area contributed by atoms with E-state index in [4.69, 9.17) is 9.47 Å². The van der Waals surface area contributed by atoms with Gasteiger partial charge in [0.25, 0.3) is 0 Å². The second-order valence-electron chi connectivity index (χ2n) is 11.7. The molecule has 3 fully saturated rings. The summed E-state index contributed by atoms with van der Waals surface area (Å²) >= 11 is 0. The molecule has 1 saturated carbocycles. The first kappa shape index (κ1) is 24.2. The minimum absolute atomic E-state index is 0.0605. The van der Waals surface area contributed by atoms with Crippen LogP contribution >= 0.6 is 0 Å².